The van der Waals surface area contributed by atoms with E-state index in [4.69, 9.17) is 9.84 Å². The standard InChI is InChI=1S/C10H17F2N5O2/c1-3-4-13-8-15-9(17-10(16-8)19-2)14-5-6(18)7(11)12/h6-7,18H,3-5H2,1-2H3,(H2,13,14,15,16,17). The average Bonchev–Trinajstić information content (AvgIpc) is 2.42. The molecule has 1 aromatic heterocycles. The maximum atomic E-state index is 12.1. The molecule has 0 saturated carbocycles. The van der Waals surface area contributed by atoms with E-state index >= 15 is 0 Å². The number of methoxy groups -OCH3 is 1. The predicted octanol–water partition coefficient (Wildman–Crippen LogP) is 0.740. The van der Waals surface area contributed by atoms with Crippen LogP contribution in [0.25, 0.3) is 0 Å². The maximum Gasteiger partial charge on any atom is 0.322 e. The molecule has 108 valence electrons. The van der Waals surface area contributed by atoms with Gasteiger partial charge in [0.15, 0.2) is 0 Å². The van der Waals surface area contributed by atoms with Gasteiger partial charge in [-0.2, -0.15) is 15.0 Å². The van der Waals surface area contributed by atoms with E-state index in [1.165, 1.54) is 7.11 Å². The molecular weight excluding hydrogens is 260 g/mol. The molecule has 0 radical (unpaired) electrons. The van der Waals surface area contributed by atoms with Gasteiger partial charge in [0.05, 0.1) is 7.11 Å². The highest BCUT2D eigenvalue weighted by molar-refractivity contribution is 5.35. The van der Waals surface area contributed by atoms with Gasteiger partial charge in [0.25, 0.3) is 6.43 Å². The molecule has 1 aromatic rings. The van der Waals surface area contributed by atoms with Crippen LogP contribution in [0.4, 0.5) is 20.7 Å². The molecule has 0 saturated heterocycles. The molecule has 1 heterocycles. The second-order valence-electron chi connectivity index (χ2n) is 3.68. The highest BCUT2D eigenvalue weighted by atomic mass is 19.3. The van der Waals surface area contributed by atoms with Gasteiger partial charge in [0, 0.05) is 13.1 Å². The molecule has 19 heavy (non-hydrogen) atoms. The summed E-state index contributed by atoms with van der Waals surface area (Å²) in [5.41, 5.74) is 0. The lowest BCUT2D eigenvalue weighted by molar-refractivity contribution is 0.00376. The minimum absolute atomic E-state index is 0.0580. The van der Waals surface area contributed by atoms with Crippen molar-refractivity contribution < 1.29 is 18.6 Å². The van der Waals surface area contributed by atoms with Crippen molar-refractivity contribution >= 4 is 11.9 Å². The number of nitrogens with one attached hydrogen (secondary N) is 2. The van der Waals surface area contributed by atoms with Crippen molar-refractivity contribution in [2.75, 3.05) is 30.8 Å². The Hall–Kier alpha value is -1.77. The van der Waals surface area contributed by atoms with Crippen LogP contribution in [0.1, 0.15) is 13.3 Å². The molecule has 0 bridgehead atoms. The summed E-state index contributed by atoms with van der Waals surface area (Å²) in [6.07, 6.45) is -3.73. The Kier molecular flexibility index (Phi) is 6.13. The van der Waals surface area contributed by atoms with Gasteiger partial charge in [-0.15, -0.1) is 0 Å². The largest absolute Gasteiger partial charge is 0.467 e. The predicted molar refractivity (Wildman–Crippen MR) is 65.7 cm³/mol. The number of aromatic nitrogens is 3. The van der Waals surface area contributed by atoms with Crippen LogP contribution >= 0.6 is 0 Å². The highest BCUT2D eigenvalue weighted by Gasteiger charge is 2.17. The summed E-state index contributed by atoms with van der Waals surface area (Å²) in [5, 5.41) is 14.4. The van der Waals surface area contributed by atoms with Gasteiger partial charge < -0.3 is 20.5 Å². The molecule has 0 spiro atoms. The minimum Gasteiger partial charge on any atom is -0.467 e. The molecule has 1 atom stereocenters. The minimum atomic E-state index is -2.83. The van der Waals surface area contributed by atoms with E-state index in [0.29, 0.717) is 6.54 Å². The third kappa shape index (κ3) is 5.16. The molecule has 0 amide bonds. The normalized spacial score (nSPS) is 12.3. The van der Waals surface area contributed by atoms with E-state index < -0.39 is 12.5 Å². The summed E-state index contributed by atoms with van der Waals surface area (Å²) >= 11 is 0. The van der Waals surface area contributed by atoms with Crippen LogP contribution in [-0.4, -0.2) is 52.8 Å². The fourth-order valence-electron chi connectivity index (χ4n) is 1.13. The smallest absolute Gasteiger partial charge is 0.322 e. The monoisotopic (exact) mass is 277 g/mol. The molecule has 7 nitrogen and oxygen atoms in total. The molecule has 0 aliphatic heterocycles. The van der Waals surface area contributed by atoms with Crippen LogP contribution in [0.2, 0.25) is 0 Å². The summed E-state index contributed by atoms with van der Waals surface area (Å²) in [6.45, 7) is 2.27. The van der Waals surface area contributed by atoms with Crippen LogP contribution in [0.15, 0.2) is 0 Å². The third-order valence-corrected chi connectivity index (χ3v) is 2.09. The Morgan fingerprint density at radius 2 is 1.84 bits per heavy atom. The molecule has 0 aliphatic carbocycles. The van der Waals surface area contributed by atoms with E-state index in [-0.39, 0.29) is 24.5 Å². The number of aliphatic hydroxyl groups excluding tert-OH is 1. The number of ether oxygens (including phenoxy) is 1. The van der Waals surface area contributed by atoms with Gasteiger partial charge >= 0.3 is 6.01 Å². The number of nitrogens with zero attached hydrogens (tertiary/aromatic N) is 3. The van der Waals surface area contributed by atoms with Gasteiger partial charge in [0.1, 0.15) is 6.10 Å². The van der Waals surface area contributed by atoms with Gasteiger partial charge in [-0.25, -0.2) is 8.78 Å². The summed E-state index contributed by atoms with van der Waals surface area (Å²) < 4.78 is 29.2. The zero-order valence-electron chi connectivity index (χ0n) is 10.7. The first-order valence-corrected chi connectivity index (χ1v) is 5.80. The van der Waals surface area contributed by atoms with Gasteiger partial charge in [-0.05, 0) is 6.42 Å². The van der Waals surface area contributed by atoms with E-state index in [0.717, 1.165) is 6.42 Å². The third-order valence-electron chi connectivity index (χ3n) is 2.09. The van der Waals surface area contributed by atoms with E-state index in [1.807, 2.05) is 6.92 Å². The number of alkyl halides is 2. The van der Waals surface area contributed by atoms with Crippen LogP contribution in [0, 0.1) is 0 Å². The van der Waals surface area contributed by atoms with E-state index in [9.17, 15) is 8.78 Å². The van der Waals surface area contributed by atoms with Crippen molar-refractivity contribution in [3.8, 4) is 6.01 Å². The number of anilines is 2. The van der Waals surface area contributed by atoms with Crippen molar-refractivity contribution in [2.24, 2.45) is 0 Å². The quantitative estimate of drug-likeness (QED) is 0.645. The summed E-state index contributed by atoms with van der Waals surface area (Å²) in [7, 11) is 1.39. The van der Waals surface area contributed by atoms with Crippen LogP contribution in [0.3, 0.4) is 0 Å². The van der Waals surface area contributed by atoms with Gasteiger partial charge in [0.2, 0.25) is 11.9 Å². The Balaban J connectivity index is 2.70. The number of halogens is 2. The van der Waals surface area contributed by atoms with Crippen molar-refractivity contribution in [1.29, 1.82) is 0 Å². The van der Waals surface area contributed by atoms with Gasteiger partial charge in [-0.1, -0.05) is 6.92 Å². The molecular formula is C10H17F2N5O2. The first-order chi connectivity index (χ1) is 9.06. The number of rotatable bonds is 8. The lowest BCUT2D eigenvalue weighted by atomic mass is 10.4. The lowest BCUT2D eigenvalue weighted by Crippen LogP contribution is -2.27. The number of hydrogen-bond donors (Lipinski definition) is 3. The molecule has 0 fully saturated rings. The Labute approximate surface area is 109 Å². The first-order valence-electron chi connectivity index (χ1n) is 5.80. The second kappa shape index (κ2) is 7.62. The fourth-order valence-corrected chi connectivity index (χ4v) is 1.13. The van der Waals surface area contributed by atoms with Crippen molar-refractivity contribution in [2.45, 2.75) is 25.9 Å². The number of aliphatic hydroxyl groups is 1. The maximum absolute atomic E-state index is 12.1. The molecule has 0 aliphatic rings. The average molecular weight is 277 g/mol. The fraction of sp³-hybridized carbons (Fsp3) is 0.700. The van der Waals surface area contributed by atoms with E-state index in [2.05, 4.69) is 25.6 Å². The highest BCUT2D eigenvalue weighted by Crippen LogP contribution is 2.11. The summed E-state index contributed by atoms with van der Waals surface area (Å²) in [4.78, 5) is 11.8. The topological polar surface area (TPSA) is 92.2 Å². The van der Waals surface area contributed by atoms with Crippen LogP contribution < -0.4 is 15.4 Å². The Morgan fingerprint density at radius 3 is 2.37 bits per heavy atom. The van der Waals surface area contributed by atoms with Crippen molar-refractivity contribution in [1.82, 2.24) is 15.0 Å². The molecule has 9 heteroatoms. The first kappa shape index (κ1) is 15.3. The van der Waals surface area contributed by atoms with Crippen molar-refractivity contribution in [3.05, 3.63) is 0 Å². The Morgan fingerprint density at radius 1 is 1.21 bits per heavy atom. The zero-order valence-corrected chi connectivity index (χ0v) is 10.7. The lowest BCUT2D eigenvalue weighted by Gasteiger charge is -2.12. The SMILES string of the molecule is CCCNc1nc(NCC(O)C(F)F)nc(OC)n1. The Bertz CT molecular complexity index is 394. The van der Waals surface area contributed by atoms with Crippen LogP contribution in [0.5, 0.6) is 6.01 Å². The van der Waals surface area contributed by atoms with Crippen molar-refractivity contribution in [3.63, 3.8) is 0 Å². The zero-order chi connectivity index (χ0) is 14.3. The second-order valence-corrected chi connectivity index (χ2v) is 3.68. The number of hydrogen-bond acceptors (Lipinski definition) is 7. The molecule has 1 rings (SSSR count). The molecule has 3 N–H and O–H groups in total. The molecule has 0 aromatic carbocycles. The van der Waals surface area contributed by atoms with E-state index in [1.54, 1.807) is 0 Å². The summed E-state index contributed by atoms with van der Waals surface area (Å²) in [6, 6.07) is 0.0580. The summed E-state index contributed by atoms with van der Waals surface area (Å²) in [5.74, 6) is 0.341. The van der Waals surface area contributed by atoms with Gasteiger partial charge in [-0.3, -0.25) is 0 Å². The van der Waals surface area contributed by atoms with Crippen LogP contribution in [-0.2, 0) is 0 Å². The molecule has 1 unspecified atom stereocenters.